The van der Waals surface area contributed by atoms with Crippen LogP contribution in [0.25, 0.3) is 0 Å². The zero-order valence-electron chi connectivity index (χ0n) is 13.6. The van der Waals surface area contributed by atoms with Crippen LogP contribution in [0.4, 0.5) is 0 Å². The number of amides is 1. The lowest BCUT2D eigenvalue weighted by molar-refractivity contribution is -0.124. The highest BCUT2D eigenvalue weighted by atomic mass is 35.5. The van der Waals surface area contributed by atoms with Gasteiger partial charge in [0.15, 0.2) is 6.61 Å². The van der Waals surface area contributed by atoms with Crippen LogP contribution in [-0.4, -0.2) is 36.7 Å². The topological polar surface area (TPSA) is 84.9 Å². The molecular formula is C18H18ClNO5. The molecule has 2 rings (SSSR count). The minimum absolute atomic E-state index is 0.0556. The van der Waals surface area contributed by atoms with E-state index in [1.165, 1.54) is 18.2 Å². The fourth-order valence-electron chi connectivity index (χ4n) is 2.00. The number of carbonyl (C=O) groups is 2. The van der Waals surface area contributed by atoms with Crippen molar-refractivity contribution in [2.45, 2.75) is 6.92 Å². The first-order valence-corrected chi connectivity index (χ1v) is 7.95. The number of hydrogen-bond donors (Lipinski definition) is 2. The van der Waals surface area contributed by atoms with Crippen LogP contribution in [0.2, 0.25) is 5.02 Å². The maximum Gasteiger partial charge on any atom is 0.342 e. The lowest BCUT2D eigenvalue weighted by atomic mass is 10.2. The van der Waals surface area contributed by atoms with Crippen molar-refractivity contribution in [2.75, 3.05) is 19.8 Å². The van der Waals surface area contributed by atoms with Gasteiger partial charge in [0.25, 0.3) is 5.91 Å². The van der Waals surface area contributed by atoms with Gasteiger partial charge in [-0.05, 0) is 42.8 Å². The first-order valence-electron chi connectivity index (χ1n) is 7.57. The van der Waals surface area contributed by atoms with Gasteiger partial charge in [-0.15, -0.1) is 0 Å². The van der Waals surface area contributed by atoms with E-state index in [1.807, 2.05) is 31.2 Å². The summed E-state index contributed by atoms with van der Waals surface area (Å²) in [5.74, 6) is -0.849. The number of aromatic hydroxyl groups is 1. The monoisotopic (exact) mass is 363 g/mol. The molecule has 0 spiro atoms. The second-order valence-corrected chi connectivity index (χ2v) is 5.69. The Bertz CT molecular complexity index is 763. The molecule has 2 aromatic carbocycles. The molecule has 132 valence electrons. The van der Waals surface area contributed by atoms with Crippen molar-refractivity contribution in [3.05, 3.63) is 58.6 Å². The summed E-state index contributed by atoms with van der Waals surface area (Å²) in [6, 6.07) is 11.6. The highest BCUT2D eigenvalue weighted by Crippen LogP contribution is 2.22. The molecule has 0 radical (unpaired) electrons. The molecule has 1 amide bonds. The second-order valence-electron chi connectivity index (χ2n) is 5.25. The Morgan fingerprint density at radius 2 is 2.00 bits per heavy atom. The predicted octanol–water partition coefficient (Wildman–Crippen LogP) is 2.71. The minimum atomic E-state index is -0.805. The van der Waals surface area contributed by atoms with Gasteiger partial charge in [0.2, 0.25) is 0 Å². The van der Waals surface area contributed by atoms with E-state index < -0.39 is 18.5 Å². The SMILES string of the molecule is Cc1cccc(OCCNC(=O)COC(=O)c2ccc(Cl)cc2O)c1. The number of rotatable bonds is 7. The molecule has 0 aliphatic heterocycles. The number of halogens is 1. The molecule has 0 aromatic heterocycles. The fourth-order valence-corrected chi connectivity index (χ4v) is 2.17. The van der Waals surface area contributed by atoms with E-state index in [1.54, 1.807) is 0 Å². The molecule has 0 saturated heterocycles. The summed E-state index contributed by atoms with van der Waals surface area (Å²) >= 11 is 5.68. The number of carbonyl (C=O) groups excluding carboxylic acids is 2. The molecule has 0 saturated carbocycles. The first-order chi connectivity index (χ1) is 12.0. The Balaban J connectivity index is 1.69. The van der Waals surface area contributed by atoms with Crippen molar-refractivity contribution in [1.29, 1.82) is 0 Å². The highest BCUT2D eigenvalue weighted by Gasteiger charge is 2.14. The number of hydrogen-bond acceptors (Lipinski definition) is 5. The molecule has 0 atom stereocenters. The first kappa shape index (κ1) is 18.6. The lowest BCUT2D eigenvalue weighted by Gasteiger charge is -2.09. The molecule has 2 aromatic rings. The Morgan fingerprint density at radius 1 is 1.20 bits per heavy atom. The minimum Gasteiger partial charge on any atom is -0.507 e. The number of benzene rings is 2. The molecule has 2 N–H and O–H groups in total. The summed E-state index contributed by atoms with van der Waals surface area (Å²) in [6.45, 7) is 2.07. The fraction of sp³-hybridized carbons (Fsp3) is 0.222. The van der Waals surface area contributed by atoms with E-state index in [-0.39, 0.29) is 17.9 Å². The zero-order chi connectivity index (χ0) is 18.2. The van der Waals surface area contributed by atoms with Crippen molar-refractivity contribution in [3.63, 3.8) is 0 Å². The third-order valence-corrected chi connectivity index (χ3v) is 3.43. The van der Waals surface area contributed by atoms with Crippen molar-refractivity contribution in [3.8, 4) is 11.5 Å². The zero-order valence-corrected chi connectivity index (χ0v) is 14.4. The van der Waals surface area contributed by atoms with E-state index in [4.69, 9.17) is 21.1 Å². The van der Waals surface area contributed by atoms with Crippen molar-refractivity contribution < 1.29 is 24.2 Å². The number of nitrogens with one attached hydrogen (secondary N) is 1. The molecule has 0 heterocycles. The molecule has 6 nitrogen and oxygen atoms in total. The number of phenols is 1. The van der Waals surface area contributed by atoms with Crippen LogP contribution in [0.3, 0.4) is 0 Å². The van der Waals surface area contributed by atoms with Gasteiger partial charge in [-0.1, -0.05) is 23.7 Å². The van der Waals surface area contributed by atoms with E-state index in [9.17, 15) is 14.7 Å². The third-order valence-electron chi connectivity index (χ3n) is 3.20. The van der Waals surface area contributed by atoms with Gasteiger partial charge in [-0.2, -0.15) is 0 Å². The third kappa shape index (κ3) is 6.00. The molecule has 25 heavy (non-hydrogen) atoms. The summed E-state index contributed by atoms with van der Waals surface area (Å²) in [4.78, 5) is 23.5. The second kappa shape index (κ2) is 8.94. The Kier molecular flexibility index (Phi) is 6.65. The normalized spacial score (nSPS) is 10.2. The molecule has 0 fully saturated rings. The smallest absolute Gasteiger partial charge is 0.342 e. The average Bonchev–Trinajstić information content (AvgIpc) is 2.56. The van der Waals surface area contributed by atoms with Gasteiger partial charge >= 0.3 is 5.97 Å². The van der Waals surface area contributed by atoms with Crippen molar-refractivity contribution >= 4 is 23.5 Å². The van der Waals surface area contributed by atoms with Gasteiger partial charge in [0, 0.05) is 5.02 Å². The summed E-state index contributed by atoms with van der Waals surface area (Å²) in [5.41, 5.74) is 1.03. The van der Waals surface area contributed by atoms with Crippen LogP contribution in [-0.2, 0) is 9.53 Å². The van der Waals surface area contributed by atoms with Crippen LogP contribution in [0, 0.1) is 6.92 Å². The predicted molar refractivity (Wildman–Crippen MR) is 93.1 cm³/mol. The van der Waals surface area contributed by atoms with Crippen LogP contribution < -0.4 is 10.1 Å². The van der Waals surface area contributed by atoms with Gasteiger partial charge in [-0.3, -0.25) is 4.79 Å². The highest BCUT2D eigenvalue weighted by molar-refractivity contribution is 6.30. The van der Waals surface area contributed by atoms with E-state index >= 15 is 0 Å². The molecular weight excluding hydrogens is 346 g/mol. The Hall–Kier alpha value is -2.73. The number of aryl methyl sites for hydroxylation is 1. The number of ether oxygens (including phenoxy) is 2. The number of phenolic OH excluding ortho intramolecular Hbond substituents is 1. The number of esters is 1. The van der Waals surface area contributed by atoms with Gasteiger partial charge < -0.3 is 19.9 Å². The van der Waals surface area contributed by atoms with Crippen LogP contribution in [0.1, 0.15) is 15.9 Å². The quantitative estimate of drug-likeness (QED) is 0.583. The van der Waals surface area contributed by atoms with Gasteiger partial charge in [-0.25, -0.2) is 4.79 Å². The van der Waals surface area contributed by atoms with E-state index in [0.717, 1.165) is 11.3 Å². The standard InChI is InChI=1S/C18H18ClNO5/c1-12-3-2-4-14(9-12)24-8-7-20-17(22)11-25-18(23)15-6-5-13(19)10-16(15)21/h2-6,9-10,21H,7-8,11H2,1H3,(H,20,22). The largest absolute Gasteiger partial charge is 0.507 e. The summed E-state index contributed by atoms with van der Waals surface area (Å²) in [5, 5.41) is 12.5. The lowest BCUT2D eigenvalue weighted by Crippen LogP contribution is -2.32. The van der Waals surface area contributed by atoms with Gasteiger partial charge in [0.05, 0.1) is 6.54 Å². The molecule has 0 bridgehead atoms. The van der Waals surface area contributed by atoms with E-state index in [0.29, 0.717) is 11.6 Å². The molecule has 0 aliphatic carbocycles. The van der Waals surface area contributed by atoms with Gasteiger partial charge in [0.1, 0.15) is 23.7 Å². The molecule has 0 unspecified atom stereocenters. The average molecular weight is 364 g/mol. The Morgan fingerprint density at radius 3 is 2.72 bits per heavy atom. The van der Waals surface area contributed by atoms with Crippen molar-refractivity contribution in [1.82, 2.24) is 5.32 Å². The maximum absolute atomic E-state index is 11.8. The summed E-state index contributed by atoms with van der Waals surface area (Å²) < 4.78 is 10.3. The van der Waals surface area contributed by atoms with Crippen LogP contribution >= 0.6 is 11.6 Å². The molecule has 0 aliphatic rings. The van der Waals surface area contributed by atoms with E-state index in [2.05, 4.69) is 5.32 Å². The Labute approximate surface area is 150 Å². The van der Waals surface area contributed by atoms with Crippen molar-refractivity contribution in [2.24, 2.45) is 0 Å². The van der Waals surface area contributed by atoms with Crippen LogP contribution in [0.5, 0.6) is 11.5 Å². The summed E-state index contributed by atoms with van der Waals surface area (Å²) in [6.07, 6.45) is 0. The molecule has 7 heteroatoms. The van der Waals surface area contributed by atoms with Crippen LogP contribution in [0.15, 0.2) is 42.5 Å². The maximum atomic E-state index is 11.8. The summed E-state index contributed by atoms with van der Waals surface area (Å²) in [7, 11) is 0.